The van der Waals surface area contributed by atoms with Crippen LogP contribution >= 0.6 is 0 Å². The first kappa shape index (κ1) is 16.5. The standard InChI is InChI=1S/C21H24O4/c1-20-10-8-17(22)13(11-19(24)25)15(20)4-3-12-14-5-6-18(23)21(14,2)9-7-16(12)20/h3-4,8,10,12,14,16H,5-7,9,11H2,1-2H3,(H,24,25)/t12-,14-,16-,20-,21-/m0/s1. The number of hydrogen-bond acceptors (Lipinski definition) is 3. The molecule has 5 atom stereocenters. The van der Waals surface area contributed by atoms with E-state index in [1.165, 1.54) is 0 Å². The van der Waals surface area contributed by atoms with Gasteiger partial charge in [-0.15, -0.1) is 0 Å². The molecule has 0 unspecified atom stereocenters. The molecule has 1 N–H and O–H groups in total. The van der Waals surface area contributed by atoms with Gasteiger partial charge >= 0.3 is 5.97 Å². The maximum absolute atomic E-state index is 12.4. The Hall–Kier alpha value is -1.97. The maximum Gasteiger partial charge on any atom is 0.307 e. The largest absolute Gasteiger partial charge is 0.481 e. The first-order valence-corrected chi connectivity index (χ1v) is 9.18. The van der Waals surface area contributed by atoms with Gasteiger partial charge in [0.2, 0.25) is 0 Å². The fraction of sp³-hybridized carbons (Fsp3) is 0.571. The molecule has 4 aliphatic carbocycles. The van der Waals surface area contributed by atoms with Gasteiger partial charge < -0.3 is 5.11 Å². The fourth-order valence-electron chi connectivity index (χ4n) is 5.98. The topological polar surface area (TPSA) is 71.4 Å². The van der Waals surface area contributed by atoms with Gasteiger partial charge in [0.1, 0.15) is 5.78 Å². The number of carboxylic acids is 1. The van der Waals surface area contributed by atoms with Crippen LogP contribution in [0.4, 0.5) is 0 Å². The monoisotopic (exact) mass is 340 g/mol. The summed E-state index contributed by atoms with van der Waals surface area (Å²) in [6, 6.07) is 0. The Balaban J connectivity index is 1.80. The third-order valence-electron chi connectivity index (χ3n) is 7.41. The molecule has 0 radical (unpaired) electrons. The Bertz CT molecular complexity index is 771. The molecule has 0 aromatic rings. The highest BCUT2D eigenvalue weighted by molar-refractivity contribution is 6.08. The van der Waals surface area contributed by atoms with E-state index in [1.807, 2.05) is 12.2 Å². The van der Waals surface area contributed by atoms with Crippen LogP contribution in [0.1, 0.15) is 46.0 Å². The van der Waals surface area contributed by atoms with Crippen molar-refractivity contribution in [1.82, 2.24) is 0 Å². The van der Waals surface area contributed by atoms with Gasteiger partial charge in [0.15, 0.2) is 5.78 Å². The summed E-state index contributed by atoms with van der Waals surface area (Å²) in [5.74, 6) is 0.253. The zero-order valence-electron chi connectivity index (χ0n) is 14.7. The molecule has 4 rings (SSSR count). The van der Waals surface area contributed by atoms with E-state index in [2.05, 4.69) is 19.9 Å². The lowest BCUT2D eigenvalue weighted by molar-refractivity contribution is -0.137. The van der Waals surface area contributed by atoms with Crippen molar-refractivity contribution in [2.45, 2.75) is 46.0 Å². The summed E-state index contributed by atoms with van der Waals surface area (Å²) in [5, 5.41) is 9.20. The van der Waals surface area contributed by atoms with E-state index in [-0.39, 0.29) is 23.0 Å². The fourth-order valence-corrected chi connectivity index (χ4v) is 5.98. The number of fused-ring (bicyclic) bond motifs is 5. The summed E-state index contributed by atoms with van der Waals surface area (Å²) in [4.78, 5) is 35.9. The summed E-state index contributed by atoms with van der Waals surface area (Å²) in [7, 11) is 0. The van der Waals surface area contributed by atoms with Crippen molar-refractivity contribution in [2.24, 2.45) is 28.6 Å². The predicted octanol–water partition coefficient (Wildman–Crippen LogP) is 3.48. The zero-order valence-corrected chi connectivity index (χ0v) is 14.7. The maximum atomic E-state index is 12.4. The lowest BCUT2D eigenvalue weighted by Gasteiger charge is -2.53. The van der Waals surface area contributed by atoms with Crippen LogP contribution in [0.5, 0.6) is 0 Å². The van der Waals surface area contributed by atoms with Gasteiger partial charge in [-0.1, -0.05) is 32.1 Å². The molecule has 0 aromatic heterocycles. The van der Waals surface area contributed by atoms with Crippen molar-refractivity contribution in [2.75, 3.05) is 0 Å². The third-order valence-corrected chi connectivity index (χ3v) is 7.41. The highest BCUT2D eigenvalue weighted by atomic mass is 16.4. The second-order valence-electron chi connectivity index (χ2n) is 8.51. The number of ketones is 2. The smallest absolute Gasteiger partial charge is 0.307 e. The molecule has 4 heteroatoms. The lowest BCUT2D eigenvalue weighted by atomic mass is 9.50. The zero-order chi connectivity index (χ0) is 18.0. The van der Waals surface area contributed by atoms with E-state index >= 15 is 0 Å². The van der Waals surface area contributed by atoms with Crippen molar-refractivity contribution in [3.63, 3.8) is 0 Å². The normalized spacial score (nSPS) is 42.2. The molecule has 2 saturated carbocycles. The van der Waals surface area contributed by atoms with Gasteiger partial charge in [-0.3, -0.25) is 14.4 Å². The molecule has 25 heavy (non-hydrogen) atoms. The Morgan fingerprint density at radius 2 is 1.96 bits per heavy atom. The summed E-state index contributed by atoms with van der Waals surface area (Å²) in [5.41, 5.74) is 0.770. The summed E-state index contributed by atoms with van der Waals surface area (Å²) < 4.78 is 0. The third kappa shape index (κ3) is 2.16. The number of aliphatic carboxylic acids is 1. The first-order valence-electron chi connectivity index (χ1n) is 9.18. The van der Waals surface area contributed by atoms with Crippen LogP contribution in [0.25, 0.3) is 0 Å². The lowest BCUT2D eigenvalue weighted by Crippen LogP contribution is -2.48. The van der Waals surface area contributed by atoms with Crippen molar-refractivity contribution < 1.29 is 19.5 Å². The van der Waals surface area contributed by atoms with Crippen molar-refractivity contribution >= 4 is 17.5 Å². The van der Waals surface area contributed by atoms with E-state index in [1.54, 1.807) is 6.08 Å². The van der Waals surface area contributed by atoms with E-state index in [0.29, 0.717) is 35.5 Å². The number of allylic oxidation sites excluding steroid dienone is 5. The van der Waals surface area contributed by atoms with Crippen molar-refractivity contribution in [1.29, 1.82) is 0 Å². The van der Waals surface area contributed by atoms with E-state index in [9.17, 15) is 19.5 Å². The van der Waals surface area contributed by atoms with E-state index < -0.39 is 5.97 Å². The molecule has 0 amide bonds. The molecule has 0 aromatic carbocycles. The molecule has 0 spiro atoms. The molecule has 132 valence electrons. The Morgan fingerprint density at radius 1 is 1.20 bits per heavy atom. The number of Topliss-reactive ketones (excluding diaryl/α,β-unsaturated/α-hetero) is 1. The molecule has 0 heterocycles. The predicted molar refractivity (Wildman–Crippen MR) is 92.7 cm³/mol. The Kier molecular flexibility index (Phi) is 3.47. The summed E-state index contributed by atoms with van der Waals surface area (Å²) in [6.07, 6.45) is 10.9. The van der Waals surface area contributed by atoms with E-state index in [0.717, 1.165) is 24.8 Å². The highest BCUT2D eigenvalue weighted by Crippen LogP contribution is 2.62. The quantitative estimate of drug-likeness (QED) is 0.835. The highest BCUT2D eigenvalue weighted by Gasteiger charge is 2.57. The number of hydrogen-bond donors (Lipinski definition) is 1. The van der Waals surface area contributed by atoms with Crippen LogP contribution in [0.15, 0.2) is 35.5 Å². The van der Waals surface area contributed by atoms with Gasteiger partial charge in [0.05, 0.1) is 6.42 Å². The van der Waals surface area contributed by atoms with Crippen LogP contribution in [0.3, 0.4) is 0 Å². The van der Waals surface area contributed by atoms with Gasteiger partial charge in [-0.05, 0) is 48.7 Å². The molecular formula is C21H24O4. The molecule has 0 bridgehead atoms. The average Bonchev–Trinajstić information content (AvgIpc) is 2.86. The number of carboxylic acid groups (broad SMARTS) is 1. The molecule has 2 fully saturated rings. The number of carbonyl (C=O) groups is 3. The second kappa shape index (κ2) is 5.26. The number of carbonyl (C=O) groups excluding carboxylic acids is 2. The van der Waals surface area contributed by atoms with Crippen LogP contribution < -0.4 is 0 Å². The van der Waals surface area contributed by atoms with Crippen LogP contribution in [0.2, 0.25) is 0 Å². The first-order chi connectivity index (χ1) is 11.8. The molecule has 4 aliphatic rings. The van der Waals surface area contributed by atoms with Crippen LogP contribution in [-0.4, -0.2) is 22.6 Å². The number of rotatable bonds is 2. The van der Waals surface area contributed by atoms with Crippen molar-refractivity contribution in [3.8, 4) is 0 Å². The summed E-state index contributed by atoms with van der Waals surface area (Å²) in [6.45, 7) is 4.26. The molecular weight excluding hydrogens is 316 g/mol. The van der Waals surface area contributed by atoms with Gasteiger partial charge in [0.25, 0.3) is 0 Å². The minimum absolute atomic E-state index is 0.185. The molecule has 0 aliphatic heterocycles. The summed E-state index contributed by atoms with van der Waals surface area (Å²) >= 11 is 0. The molecule has 0 saturated heterocycles. The minimum Gasteiger partial charge on any atom is -0.481 e. The average molecular weight is 340 g/mol. The minimum atomic E-state index is -0.971. The molecule has 4 nitrogen and oxygen atoms in total. The van der Waals surface area contributed by atoms with E-state index in [4.69, 9.17) is 0 Å². The second-order valence-corrected chi connectivity index (χ2v) is 8.51. The van der Waals surface area contributed by atoms with Gasteiger partial charge in [-0.25, -0.2) is 0 Å². The Labute approximate surface area is 147 Å². The van der Waals surface area contributed by atoms with Crippen LogP contribution in [-0.2, 0) is 14.4 Å². The van der Waals surface area contributed by atoms with Crippen molar-refractivity contribution in [3.05, 3.63) is 35.5 Å². The van der Waals surface area contributed by atoms with Gasteiger partial charge in [-0.2, -0.15) is 0 Å². The SMILES string of the molecule is C[C@]12C=CC(=O)C(CC(=O)O)=C1C=C[C@@H]1[C@@H]2CC[C@]2(C)C(=O)CC[C@@H]12. The Morgan fingerprint density at radius 3 is 2.68 bits per heavy atom. The van der Waals surface area contributed by atoms with Crippen LogP contribution in [0, 0.1) is 28.6 Å². The van der Waals surface area contributed by atoms with Gasteiger partial charge in [0, 0.05) is 22.8 Å².